The summed E-state index contributed by atoms with van der Waals surface area (Å²) in [6.07, 6.45) is 0.726. The number of ether oxygens (including phenoxy) is 2. The minimum absolute atomic E-state index is 0.0357. The predicted molar refractivity (Wildman–Crippen MR) is 102 cm³/mol. The maximum absolute atomic E-state index is 12.4. The number of carbonyl (C=O) groups excluding carboxylic acids is 1. The minimum atomic E-state index is -0.0357. The minimum Gasteiger partial charge on any atom is -0.493 e. The molecule has 8 nitrogen and oxygen atoms in total. The molecule has 1 saturated heterocycles. The summed E-state index contributed by atoms with van der Waals surface area (Å²) in [5.41, 5.74) is 1.08. The molecule has 0 radical (unpaired) electrons. The maximum atomic E-state index is 12.4. The van der Waals surface area contributed by atoms with Crippen LogP contribution in [0.2, 0.25) is 0 Å². The van der Waals surface area contributed by atoms with Gasteiger partial charge in [0.2, 0.25) is 0 Å². The van der Waals surface area contributed by atoms with Gasteiger partial charge in [-0.3, -0.25) is 0 Å². The summed E-state index contributed by atoms with van der Waals surface area (Å²) in [5.74, 6) is 3.02. The number of hydrogen-bond acceptors (Lipinski definition) is 6. The molecule has 0 atom stereocenters. The smallest absolute Gasteiger partial charge is 0.317 e. The molecule has 8 heteroatoms. The number of rotatable bonds is 6. The van der Waals surface area contributed by atoms with Crippen LogP contribution >= 0.6 is 0 Å². The van der Waals surface area contributed by atoms with Crippen LogP contribution in [0.4, 0.5) is 10.6 Å². The number of carbonyl (C=O) groups is 1. The molecule has 2 aromatic rings. The Kier molecular flexibility index (Phi) is 6.05. The Morgan fingerprint density at radius 2 is 1.89 bits per heavy atom. The Hall–Kier alpha value is -2.90. The van der Waals surface area contributed by atoms with Gasteiger partial charge in [0.1, 0.15) is 5.76 Å². The summed E-state index contributed by atoms with van der Waals surface area (Å²) < 4.78 is 15.7. The molecule has 2 amide bonds. The SMILES string of the molecule is COc1ccc(CCNC(=O)N2CCN(c3cc(C)on3)CC2)cc1OC. The van der Waals surface area contributed by atoms with Crippen LogP contribution in [0.5, 0.6) is 11.5 Å². The first-order valence-corrected chi connectivity index (χ1v) is 9.02. The van der Waals surface area contributed by atoms with Gasteiger partial charge < -0.3 is 29.1 Å². The number of methoxy groups -OCH3 is 2. The maximum Gasteiger partial charge on any atom is 0.317 e. The van der Waals surface area contributed by atoms with E-state index < -0.39 is 0 Å². The lowest BCUT2D eigenvalue weighted by Crippen LogP contribution is -2.52. The third-order valence-corrected chi connectivity index (χ3v) is 4.64. The molecule has 1 N–H and O–H groups in total. The Morgan fingerprint density at radius 3 is 2.52 bits per heavy atom. The average Bonchev–Trinajstić information content (AvgIpc) is 3.14. The highest BCUT2D eigenvalue weighted by Crippen LogP contribution is 2.27. The molecule has 2 heterocycles. The Bertz CT molecular complexity index is 769. The van der Waals surface area contributed by atoms with E-state index >= 15 is 0 Å². The van der Waals surface area contributed by atoms with Gasteiger partial charge in [0.05, 0.1) is 14.2 Å². The van der Waals surface area contributed by atoms with E-state index in [0.29, 0.717) is 31.1 Å². The fraction of sp³-hybridized carbons (Fsp3) is 0.474. The lowest BCUT2D eigenvalue weighted by Gasteiger charge is -2.34. The number of benzene rings is 1. The quantitative estimate of drug-likeness (QED) is 0.834. The fourth-order valence-corrected chi connectivity index (χ4v) is 3.10. The zero-order valence-corrected chi connectivity index (χ0v) is 16.0. The number of amides is 2. The Labute approximate surface area is 159 Å². The molecule has 0 spiro atoms. The molecule has 0 bridgehead atoms. The molecular weight excluding hydrogens is 348 g/mol. The molecule has 1 aromatic heterocycles. The summed E-state index contributed by atoms with van der Waals surface area (Å²) in [5, 5.41) is 7.02. The highest BCUT2D eigenvalue weighted by atomic mass is 16.5. The third-order valence-electron chi connectivity index (χ3n) is 4.64. The van der Waals surface area contributed by atoms with E-state index in [2.05, 4.69) is 15.4 Å². The highest BCUT2D eigenvalue weighted by Gasteiger charge is 2.22. The molecule has 1 aromatic carbocycles. The van der Waals surface area contributed by atoms with Crippen molar-refractivity contribution in [2.75, 3.05) is 51.8 Å². The van der Waals surface area contributed by atoms with Gasteiger partial charge in [-0.15, -0.1) is 0 Å². The number of anilines is 1. The second kappa shape index (κ2) is 8.66. The van der Waals surface area contributed by atoms with E-state index in [9.17, 15) is 4.79 Å². The highest BCUT2D eigenvalue weighted by molar-refractivity contribution is 5.74. The molecule has 1 aliphatic heterocycles. The van der Waals surface area contributed by atoms with Crippen LogP contribution in [-0.4, -0.2) is 63.0 Å². The second-order valence-corrected chi connectivity index (χ2v) is 6.44. The molecule has 0 saturated carbocycles. The summed E-state index contributed by atoms with van der Waals surface area (Å²) >= 11 is 0. The van der Waals surface area contributed by atoms with Crippen molar-refractivity contribution in [3.8, 4) is 11.5 Å². The molecule has 3 rings (SSSR count). The van der Waals surface area contributed by atoms with Gasteiger partial charge in [-0.25, -0.2) is 4.79 Å². The molecule has 27 heavy (non-hydrogen) atoms. The van der Waals surface area contributed by atoms with Crippen LogP contribution in [0.1, 0.15) is 11.3 Å². The Balaban J connectivity index is 1.44. The van der Waals surface area contributed by atoms with Crippen molar-refractivity contribution in [1.82, 2.24) is 15.4 Å². The van der Waals surface area contributed by atoms with Crippen molar-refractivity contribution < 1.29 is 18.8 Å². The van der Waals surface area contributed by atoms with Crippen molar-refractivity contribution in [3.63, 3.8) is 0 Å². The van der Waals surface area contributed by atoms with Crippen molar-refractivity contribution >= 4 is 11.8 Å². The van der Waals surface area contributed by atoms with Crippen LogP contribution in [0.15, 0.2) is 28.8 Å². The van der Waals surface area contributed by atoms with Gasteiger partial charge in [0.15, 0.2) is 17.3 Å². The van der Waals surface area contributed by atoms with Crippen molar-refractivity contribution in [2.24, 2.45) is 0 Å². The van der Waals surface area contributed by atoms with Crippen LogP contribution in [-0.2, 0) is 6.42 Å². The predicted octanol–water partition coefficient (Wildman–Crippen LogP) is 2.07. The van der Waals surface area contributed by atoms with E-state index in [4.69, 9.17) is 14.0 Å². The standard InChI is InChI=1S/C19H26N4O4/c1-14-12-18(21-27-14)22-8-10-23(11-9-22)19(24)20-7-6-15-4-5-16(25-2)17(13-15)26-3/h4-5,12-13H,6-11H2,1-3H3,(H,20,24). The summed E-state index contributed by atoms with van der Waals surface area (Å²) in [6.45, 7) is 5.25. The number of nitrogens with zero attached hydrogens (tertiary/aromatic N) is 3. The second-order valence-electron chi connectivity index (χ2n) is 6.44. The first-order chi connectivity index (χ1) is 13.1. The first-order valence-electron chi connectivity index (χ1n) is 9.02. The molecule has 146 valence electrons. The summed E-state index contributed by atoms with van der Waals surface area (Å²) in [6, 6.07) is 7.67. The lowest BCUT2D eigenvalue weighted by atomic mass is 10.1. The van der Waals surface area contributed by atoms with E-state index in [1.165, 1.54) is 0 Å². The third kappa shape index (κ3) is 4.64. The van der Waals surface area contributed by atoms with Crippen molar-refractivity contribution in [3.05, 3.63) is 35.6 Å². The number of aryl methyl sites for hydroxylation is 1. The molecule has 0 unspecified atom stereocenters. The Morgan fingerprint density at radius 1 is 1.15 bits per heavy atom. The molecular formula is C19H26N4O4. The zero-order chi connectivity index (χ0) is 19.2. The van der Waals surface area contributed by atoms with Gasteiger partial charge in [0, 0.05) is 38.8 Å². The average molecular weight is 374 g/mol. The summed E-state index contributed by atoms with van der Waals surface area (Å²) in [4.78, 5) is 16.3. The topological polar surface area (TPSA) is 80.1 Å². The summed E-state index contributed by atoms with van der Waals surface area (Å²) in [7, 11) is 3.23. The van der Waals surface area contributed by atoms with Crippen LogP contribution in [0, 0.1) is 6.92 Å². The van der Waals surface area contributed by atoms with E-state index in [0.717, 1.165) is 36.7 Å². The number of piperazine rings is 1. The van der Waals surface area contributed by atoms with Gasteiger partial charge in [-0.1, -0.05) is 11.2 Å². The van der Waals surface area contributed by atoms with Crippen molar-refractivity contribution in [1.29, 1.82) is 0 Å². The van der Waals surface area contributed by atoms with Gasteiger partial charge in [0.25, 0.3) is 0 Å². The number of nitrogens with one attached hydrogen (secondary N) is 1. The molecule has 1 aliphatic rings. The van der Waals surface area contributed by atoms with Crippen LogP contribution < -0.4 is 19.7 Å². The molecule has 1 fully saturated rings. The number of urea groups is 1. The zero-order valence-electron chi connectivity index (χ0n) is 16.0. The van der Waals surface area contributed by atoms with Gasteiger partial charge >= 0.3 is 6.03 Å². The van der Waals surface area contributed by atoms with Crippen molar-refractivity contribution in [2.45, 2.75) is 13.3 Å². The van der Waals surface area contributed by atoms with Crippen LogP contribution in [0.25, 0.3) is 0 Å². The number of aromatic nitrogens is 1. The number of hydrogen-bond donors (Lipinski definition) is 1. The monoisotopic (exact) mass is 374 g/mol. The van der Waals surface area contributed by atoms with Gasteiger partial charge in [-0.2, -0.15) is 0 Å². The van der Waals surface area contributed by atoms with E-state index in [-0.39, 0.29) is 6.03 Å². The van der Waals surface area contributed by atoms with Gasteiger partial charge in [-0.05, 0) is 31.0 Å². The van der Waals surface area contributed by atoms with E-state index in [1.807, 2.05) is 36.1 Å². The first kappa shape index (κ1) is 18.9. The van der Waals surface area contributed by atoms with E-state index in [1.54, 1.807) is 14.2 Å². The fourth-order valence-electron chi connectivity index (χ4n) is 3.10. The molecule has 0 aliphatic carbocycles. The largest absolute Gasteiger partial charge is 0.493 e. The lowest BCUT2D eigenvalue weighted by molar-refractivity contribution is 0.194. The normalized spacial score (nSPS) is 14.2. The van der Waals surface area contributed by atoms with Crippen LogP contribution in [0.3, 0.4) is 0 Å².